The van der Waals surface area contributed by atoms with Gasteiger partial charge in [0, 0.05) is 31.5 Å². The summed E-state index contributed by atoms with van der Waals surface area (Å²) in [7, 11) is 1.49. The Kier molecular flexibility index (Phi) is 7.31. The van der Waals surface area contributed by atoms with Crippen LogP contribution in [0.4, 0.5) is 0 Å². The van der Waals surface area contributed by atoms with Crippen LogP contribution in [0.3, 0.4) is 0 Å². The number of ether oxygens (including phenoxy) is 2. The smallest absolute Gasteiger partial charge is 0.323 e. The summed E-state index contributed by atoms with van der Waals surface area (Å²) < 4.78 is 10.5. The first kappa shape index (κ1) is 17.9. The maximum absolute atomic E-state index is 12.4. The zero-order valence-electron chi connectivity index (χ0n) is 13.1. The van der Waals surface area contributed by atoms with Crippen molar-refractivity contribution in [3.05, 3.63) is 23.9 Å². The molecule has 1 aromatic heterocycles. The normalized spacial score (nSPS) is 11.8. The molecule has 7 heteroatoms. The van der Waals surface area contributed by atoms with Crippen molar-refractivity contribution in [2.45, 2.75) is 26.4 Å². The highest BCUT2D eigenvalue weighted by Crippen LogP contribution is 2.14. The van der Waals surface area contributed by atoms with E-state index < -0.39 is 11.9 Å². The fraction of sp³-hybridized carbons (Fsp3) is 0.533. The Morgan fingerprint density at radius 1 is 1.45 bits per heavy atom. The summed E-state index contributed by atoms with van der Waals surface area (Å²) >= 11 is 0. The molecule has 1 aromatic rings. The van der Waals surface area contributed by atoms with Crippen LogP contribution in [0.25, 0.3) is 0 Å². The molecule has 0 saturated heterocycles. The van der Waals surface area contributed by atoms with Gasteiger partial charge in [-0.1, -0.05) is 6.92 Å². The summed E-state index contributed by atoms with van der Waals surface area (Å²) in [5, 5.41) is 8.91. The molecule has 0 aliphatic carbocycles. The van der Waals surface area contributed by atoms with E-state index in [-0.39, 0.29) is 25.8 Å². The van der Waals surface area contributed by atoms with Crippen LogP contribution in [-0.4, -0.2) is 59.8 Å². The Morgan fingerprint density at radius 2 is 2.18 bits per heavy atom. The summed E-state index contributed by atoms with van der Waals surface area (Å²) in [6, 6.07) is 3.06. The summed E-state index contributed by atoms with van der Waals surface area (Å²) in [6.07, 6.45) is 2.28. The second kappa shape index (κ2) is 8.99. The lowest BCUT2D eigenvalue weighted by Gasteiger charge is -2.20. The number of carbonyl (C=O) groups excluding carboxylic acids is 1. The van der Waals surface area contributed by atoms with E-state index in [1.807, 2.05) is 13.8 Å². The number of carboxylic acid groups (broad SMARTS) is 1. The zero-order chi connectivity index (χ0) is 16.5. The molecule has 0 spiro atoms. The Morgan fingerprint density at radius 3 is 2.77 bits per heavy atom. The van der Waals surface area contributed by atoms with Gasteiger partial charge in [0.15, 0.2) is 0 Å². The monoisotopic (exact) mass is 310 g/mol. The van der Waals surface area contributed by atoms with Crippen LogP contribution in [0.2, 0.25) is 0 Å². The van der Waals surface area contributed by atoms with Crippen molar-refractivity contribution >= 4 is 11.9 Å². The van der Waals surface area contributed by atoms with Crippen molar-refractivity contribution in [3.8, 4) is 5.88 Å². The minimum atomic E-state index is -1.07. The number of carboxylic acids is 1. The van der Waals surface area contributed by atoms with Crippen LogP contribution < -0.4 is 4.74 Å². The van der Waals surface area contributed by atoms with Crippen molar-refractivity contribution in [2.75, 3.05) is 26.8 Å². The van der Waals surface area contributed by atoms with E-state index >= 15 is 0 Å². The molecule has 122 valence electrons. The molecule has 7 nitrogen and oxygen atoms in total. The molecule has 1 rings (SSSR count). The Balaban J connectivity index is 2.88. The van der Waals surface area contributed by atoms with Gasteiger partial charge >= 0.3 is 5.97 Å². The number of aromatic nitrogens is 1. The lowest BCUT2D eigenvalue weighted by molar-refractivity contribution is -0.137. The Labute approximate surface area is 129 Å². The molecular formula is C15H22N2O5. The third kappa shape index (κ3) is 5.69. The molecule has 0 bridgehead atoms. The van der Waals surface area contributed by atoms with Gasteiger partial charge in [0.2, 0.25) is 5.88 Å². The van der Waals surface area contributed by atoms with Crippen molar-refractivity contribution < 1.29 is 24.2 Å². The minimum absolute atomic E-state index is 0.0125. The number of amides is 1. The molecule has 0 radical (unpaired) electrons. The van der Waals surface area contributed by atoms with E-state index in [4.69, 9.17) is 14.6 Å². The molecule has 0 aliphatic rings. The Hall–Kier alpha value is -2.15. The van der Waals surface area contributed by atoms with Gasteiger partial charge in [-0.2, -0.15) is 0 Å². The van der Waals surface area contributed by atoms with Crippen LogP contribution in [0.1, 0.15) is 30.6 Å². The second-order valence-electron chi connectivity index (χ2n) is 4.83. The third-order valence-electron chi connectivity index (χ3n) is 3.06. The van der Waals surface area contributed by atoms with E-state index in [9.17, 15) is 9.59 Å². The third-order valence-corrected chi connectivity index (χ3v) is 3.06. The highest BCUT2D eigenvalue weighted by molar-refractivity contribution is 5.96. The average molecular weight is 310 g/mol. The van der Waals surface area contributed by atoms with Crippen molar-refractivity contribution in [3.63, 3.8) is 0 Å². The van der Waals surface area contributed by atoms with E-state index in [0.29, 0.717) is 11.4 Å². The van der Waals surface area contributed by atoms with Crippen LogP contribution in [0.5, 0.6) is 5.88 Å². The second-order valence-corrected chi connectivity index (χ2v) is 4.83. The summed E-state index contributed by atoms with van der Waals surface area (Å²) in [6.45, 7) is 3.97. The minimum Gasteiger partial charge on any atom is -0.480 e. The standard InChI is InChI=1S/C15H22N2O5/c1-4-11(2)22-13-9-12(5-6-16-13)15(20)17(7-8-21-3)10-14(18)19/h5-6,9,11H,4,7-8,10H2,1-3H3,(H,18,19). The van der Waals surface area contributed by atoms with Crippen molar-refractivity contribution in [1.82, 2.24) is 9.88 Å². The van der Waals surface area contributed by atoms with Crippen LogP contribution in [-0.2, 0) is 9.53 Å². The van der Waals surface area contributed by atoms with Crippen molar-refractivity contribution in [2.24, 2.45) is 0 Å². The highest BCUT2D eigenvalue weighted by atomic mass is 16.5. The van der Waals surface area contributed by atoms with Gasteiger partial charge in [-0.15, -0.1) is 0 Å². The molecule has 1 heterocycles. The average Bonchev–Trinajstić information content (AvgIpc) is 2.50. The van der Waals surface area contributed by atoms with Gasteiger partial charge < -0.3 is 19.5 Å². The van der Waals surface area contributed by atoms with Crippen LogP contribution >= 0.6 is 0 Å². The van der Waals surface area contributed by atoms with Crippen LogP contribution in [0, 0.1) is 0 Å². The predicted octanol–water partition coefficient (Wildman–Crippen LogP) is 1.43. The molecule has 0 aromatic carbocycles. The number of nitrogens with zero attached hydrogens (tertiary/aromatic N) is 2. The molecular weight excluding hydrogens is 288 g/mol. The zero-order valence-corrected chi connectivity index (χ0v) is 13.1. The lowest BCUT2D eigenvalue weighted by Crippen LogP contribution is -2.38. The van der Waals surface area contributed by atoms with E-state index in [0.717, 1.165) is 6.42 Å². The number of pyridine rings is 1. The summed E-state index contributed by atoms with van der Waals surface area (Å²) in [5.41, 5.74) is 0.339. The SMILES string of the molecule is CCC(C)Oc1cc(C(=O)N(CCOC)CC(=O)O)ccn1. The molecule has 0 aliphatic heterocycles. The number of carbonyl (C=O) groups is 2. The number of hydrogen-bond donors (Lipinski definition) is 1. The maximum atomic E-state index is 12.4. The molecule has 1 N–H and O–H groups in total. The van der Waals surface area contributed by atoms with E-state index in [1.165, 1.54) is 30.3 Å². The van der Waals surface area contributed by atoms with Crippen LogP contribution in [0.15, 0.2) is 18.3 Å². The number of rotatable bonds is 9. The first-order valence-corrected chi connectivity index (χ1v) is 7.10. The first-order valence-electron chi connectivity index (χ1n) is 7.10. The van der Waals surface area contributed by atoms with E-state index in [2.05, 4.69) is 4.98 Å². The van der Waals surface area contributed by atoms with Gasteiger partial charge in [-0.25, -0.2) is 4.98 Å². The first-order chi connectivity index (χ1) is 10.5. The van der Waals surface area contributed by atoms with Gasteiger partial charge in [-0.3, -0.25) is 9.59 Å². The molecule has 0 saturated carbocycles. The number of aliphatic carboxylic acids is 1. The molecule has 1 atom stereocenters. The van der Waals surface area contributed by atoms with Crippen molar-refractivity contribution in [1.29, 1.82) is 0 Å². The lowest BCUT2D eigenvalue weighted by atomic mass is 10.2. The van der Waals surface area contributed by atoms with Gasteiger partial charge in [0.05, 0.1) is 12.7 Å². The maximum Gasteiger partial charge on any atom is 0.323 e. The van der Waals surface area contributed by atoms with Gasteiger partial charge in [-0.05, 0) is 19.4 Å². The summed E-state index contributed by atoms with van der Waals surface area (Å²) in [5.74, 6) is -1.12. The van der Waals surface area contributed by atoms with E-state index in [1.54, 1.807) is 0 Å². The van der Waals surface area contributed by atoms with Gasteiger partial charge in [0.1, 0.15) is 6.54 Å². The fourth-order valence-electron chi connectivity index (χ4n) is 1.70. The molecule has 1 amide bonds. The molecule has 22 heavy (non-hydrogen) atoms. The summed E-state index contributed by atoms with van der Waals surface area (Å²) in [4.78, 5) is 28.6. The quantitative estimate of drug-likeness (QED) is 0.742. The molecule has 0 fully saturated rings. The topological polar surface area (TPSA) is 89.0 Å². The predicted molar refractivity (Wildman–Crippen MR) is 80.0 cm³/mol. The molecule has 1 unspecified atom stereocenters. The highest BCUT2D eigenvalue weighted by Gasteiger charge is 2.19. The largest absolute Gasteiger partial charge is 0.480 e. The number of hydrogen-bond acceptors (Lipinski definition) is 5. The Bertz CT molecular complexity index is 506. The van der Waals surface area contributed by atoms with Gasteiger partial charge in [0.25, 0.3) is 5.91 Å². The fourth-order valence-corrected chi connectivity index (χ4v) is 1.70. The number of methoxy groups -OCH3 is 1.